The summed E-state index contributed by atoms with van der Waals surface area (Å²) in [7, 11) is 0. The Kier molecular flexibility index (Phi) is 20.1. The molecule has 0 radical (unpaired) electrons. The SMILES string of the molecule is CC(C)Cc1ccc(CN(Cc2ccc(CC(C)C)cc2)Cc2ccc(CC(C)C)cc2)cc1.CC(C)Cn1cc(CN(Cc2cn(CC(C)C)nn2)Cc2cn(CC(C)C)nn2)nn1. The lowest BCUT2D eigenvalue weighted by Crippen LogP contribution is -2.23. The van der Waals surface area contributed by atoms with Gasteiger partial charge in [0.2, 0.25) is 0 Å². The zero-order valence-corrected chi connectivity index (χ0v) is 42.0. The lowest BCUT2D eigenvalue weighted by Gasteiger charge is -2.23. The Morgan fingerprint density at radius 1 is 0.323 bits per heavy atom. The molecule has 3 aromatic carbocycles. The first-order valence-corrected chi connectivity index (χ1v) is 24.4. The van der Waals surface area contributed by atoms with Crippen LogP contribution in [-0.4, -0.2) is 54.8 Å². The third-order valence-electron chi connectivity index (χ3n) is 10.8. The molecule has 65 heavy (non-hydrogen) atoms. The van der Waals surface area contributed by atoms with E-state index in [9.17, 15) is 0 Å². The normalized spacial score (nSPS) is 12.0. The molecule has 0 aliphatic rings. The van der Waals surface area contributed by atoms with E-state index < -0.39 is 0 Å². The number of hydrogen-bond acceptors (Lipinski definition) is 8. The van der Waals surface area contributed by atoms with Crippen molar-refractivity contribution in [3.8, 4) is 0 Å². The van der Waals surface area contributed by atoms with Crippen molar-refractivity contribution in [2.75, 3.05) is 0 Å². The van der Waals surface area contributed by atoms with E-state index in [0.717, 1.165) is 75.6 Å². The highest BCUT2D eigenvalue weighted by Crippen LogP contribution is 2.19. The maximum absolute atomic E-state index is 4.37. The highest BCUT2D eigenvalue weighted by Gasteiger charge is 2.16. The van der Waals surface area contributed by atoms with Crippen molar-refractivity contribution < 1.29 is 0 Å². The van der Waals surface area contributed by atoms with Gasteiger partial charge in [-0.1, -0.05) is 172 Å². The molecule has 11 heteroatoms. The Hall–Kier alpha value is -5.00. The molecule has 0 unspecified atom stereocenters. The fourth-order valence-corrected chi connectivity index (χ4v) is 8.18. The highest BCUT2D eigenvalue weighted by molar-refractivity contribution is 5.27. The molecular formula is C54H81N11. The zero-order valence-electron chi connectivity index (χ0n) is 42.0. The third-order valence-corrected chi connectivity index (χ3v) is 10.8. The van der Waals surface area contributed by atoms with Gasteiger partial charge in [0.25, 0.3) is 0 Å². The molecule has 0 N–H and O–H groups in total. The molecule has 0 bridgehead atoms. The molecule has 0 atom stereocenters. The molecule has 11 nitrogen and oxygen atoms in total. The molecule has 0 fully saturated rings. The van der Waals surface area contributed by atoms with E-state index >= 15 is 0 Å². The summed E-state index contributed by atoms with van der Waals surface area (Å²) in [6.45, 7) is 34.2. The highest BCUT2D eigenvalue weighted by atomic mass is 15.4. The fourth-order valence-electron chi connectivity index (χ4n) is 8.18. The first kappa shape index (κ1) is 51.0. The van der Waals surface area contributed by atoms with Crippen LogP contribution in [0.25, 0.3) is 0 Å². The number of hydrogen-bond donors (Lipinski definition) is 0. The van der Waals surface area contributed by atoms with Gasteiger partial charge < -0.3 is 0 Å². The molecule has 0 saturated carbocycles. The molecule has 0 aliphatic carbocycles. The molecule has 6 rings (SSSR count). The number of aromatic nitrogens is 9. The van der Waals surface area contributed by atoms with Crippen molar-refractivity contribution in [2.45, 2.75) is 161 Å². The van der Waals surface area contributed by atoms with E-state index in [0.29, 0.717) is 55.1 Å². The second kappa shape index (κ2) is 25.6. The van der Waals surface area contributed by atoms with Crippen molar-refractivity contribution >= 4 is 0 Å². The van der Waals surface area contributed by atoms with Crippen LogP contribution in [0.3, 0.4) is 0 Å². The number of nitrogens with zero attached hydrogens (tertiary/aromatic N) is 11. The van der Waals surface area contributed by atoms with Crippen LogP contribution in [0.5, 0.6) is 0 Å². The second-order valence-corrected chi connectivity index (χ2v) is 21.0. The summed E-state index contributed by atoms with van der Waals surface area (Å²) < 4.78 is 5.74. The molecule has 6 aromatic rings. The third kappa shape index (κ3) is 19.2. The molecule has 0 amide bonds. The first-order valence-electron chi connectivity index (χ1n) is 24.4. The van der Waals surface area contributed by atoms with Crippen LogP contribution in [0.2, 0.25) is 0 Å². The van der Waals surface area contributed by atoms with Crippen molar-refractivity contribution in [1.29, 1.82) is 0 Å². The summed E-state index contributed by atoms with van der Waals surface area (Å²) in [6, 6.07) is 27.8. The maximum atomic E-state index is 4.37. The number of benzene rings is 3. The van der Waals surface area contributed by atoms with Crippen LogP contribution < -0.4 is 0 Å². The lowest BCUT2D eigenvalue weighted by molar-refractivity contribution is 0.238. The zero-order chi connectivity index (χ0) is 46.9. The molecule has 3 heterocycles. The van der Waals surface area contributed by atoms with Crippen molar-refractivity contribution in [2.24, 2.45) is 35.5 Å². The summed E-state index contributed by atoms with van der Waals surface area (Å²) in [4.78, 5) is 4.84. The van der Waals surface area contributed by atoms with Gasteiger partial charge in [0.1, 0.15) is 0 Å². The monoisotopic (exact) mass is 884 g/mol. The van der Waals surface area contributed by atoms with Crippen LogP contribution in [-0.2, 0) is 78.2 Å². The Labute approximate surface area is 392 Å². The Morgan fingerprint density at radius 3 is 0.785 bits per heavy atom. The van der Waals surface area contributed by atoms with Gasteiger partial charge in [0.05, 0.1) is 17.1 Å². The van der Waals surface area contributed by atoms with Crippen molar-refractivity contribution in [3.05, 3.63) is 142 Å². The molecule has 0 spiro atoms. The Bertz CT molecular complexity index is 1960. The van der Waals surface area contributed by atoms with Crippen LogP contribution in [0, 0.1) is 35.5 Å². The quantitative estimate of drug-likeness (QED) is 0.0593. The summed E-state index contributed by atoms with van der Waals surface area (Å²) in [5, 5.41) is 25.9. The summed E-state index contributed by atoms with van der Waals surface area (Å²) in [6.07, 6.45) is 9.52. The van der Waals surface area contributed by atoms with Crippen LogP contribution >= 0.6 is 0 Å². The topological polar surface area (TPSA) is 98.6 Å². The minimum Gasteiger partial charge on any atom is -0.291 e. The Balaban J connectivity index is 0.000000245. The van der Waals surface area contributed by atoms with Gasteiger partial charge in [-0.3, -0.25) is 23.8 Å². The van der Waals surface area contributed by atoms with E-state index in [1.807, 2.05) is 32.6 Å². The molecule has 0 saturated heterocycles. The van der Waals surface area contributed by atoms with Gasteiger partial charge in [0.15, 0.2) is 0 Å². The van der Waals surface area contributed by atoms with E-state index in [4.69, 9.17) is 0 Å². The van der Waals surface area contributed by atoms with Crippen molar-refractivity contribution in [1.82, 2.24) is 54.8 Å². The van der Waals surface area contributed by atoms with Gasteiger partial charge >= 0.3 is 0 Å². The second-order valence-electron chi connectivity index (χ2n) is 21.0. The minimum atomic E-state index is 0.526. The summed E-state index contributed by atoms with van der Waals surface area (Å²) in [5.74, 6) is 3.66. The maximum Gasteiger partial charge on any atom is 0.0967 e. The van der Waals surface area contributed by atoms with Gasteiger partial charge in [-0.05, 0) is 88.2 Å². The molecule has 352 valence electrons. The smallest absolute Gasteiger partial charge is 0.0967 e. The number of rotatable bonds is 24. The first-order chi connectivity index (χ1) is 31.0. The molecular weight excluding hydrogens is 803 g/mol. The molecule has 3 aromatic heterocycles. The van der Waals surface area contributed by atoms with Gasteiger partial charge in [0, 0.05) is 77.5 Å². The summed E-state index contributed by atoms with van der Waals surface area (Å²) in [5.41, 5.74) is 11.3. The van der Waals surface area contributed by atoms with Gasteiger partial charge in [-0.2, -0.15) is 0 Å². The van der Waals surface area contributed by atoms with Gasteiger partial charge in [-0.15, -0.1) is 15.3 Å². The van der Waals surface area contributed by atoms with Crippen LogP contribution in [0.1, 0.15) is 134 Å². The van der Waals surface area contributed by atoms with E-state index in [2.05, 4.69) is 197 Å². The minimum absolute atomic E-state index is 0.526. The average Bonchev–Trinajstić information content (AvgIpc) is 3.98. The van der Waals surface area contributed by atoms with E-state index in [1.165, 1.54) is 33.4 Å². The predicted octanol–water partition coefficient (Wildman–Crippen LogP) is 11.1. The van der Waals surface area contributed by atoms with Crippen LogP contribution in [0.4, 0.5) is 0 Å². The largest absolute Gasteiger partial charge is 0.291 e. The van der Waals surface area contributed by atoms with Crippen molar-refractivity contribution in [3.63, 3.8) is 0 Å². The predicted molar refractivity (Wildman–Crippen MR) is 265 cm³/mol. The van der Waals surface area contributed by atoms with E-state index in [1.54, 1.807) is 0 Å². The average molecular weight is 884 g/mol. The standard InChI is InChI=1S/C33H45N.C21H36N10/c1-25(2)19-28-7-13-31(14-8-28)22-34(23-32-15-9-29(10-16-32)20-26(3)4)24-33-17-11-30(12-18-33)21-27(5)6;1-16(2)7-29-13-19(22-25-29)10-28(11-20-14-30(26-23-20)8-17(3)4)12-21-15-31(27-24-21)9-18(5)6/h7-18,25-27H,19-24H2,1-6H3;13-18H,7-12H2,1-6H3. The summed E-state index contributed by atoms with van der Waals surface area (Å²) >= 11 is 0. The Morgan fingerprint density at radius 2 is 0.554 bits per heavy atom. The fraction of sp³-hybridized carbons (Fsp3) is 0.556. The van der Waals surface area contributed by atoms with Gasteiger partial charge in [-0.25, -0.2) is 0 Å². The molecule has 0 aliphatic heterocycles. The van der Waals surface area contributed by atoms with E-state index in [-0.39, 0.29) is 0 Å². The lowest BCUT2D eigenvalue weighted by atomic mass is 10.0. The van der Waals surface area contributed by atoms with Crippen LogP contribution in [0.15, 0.2) is 91.4 Å².